The number of piperidine rings is 1. The van der Waals surface area contributed by atoms with Crippen molar-refractivity contribution in [1.29, 1.82) is 0 Å². The molecule has 0 aromatic rings. The molecular weight excluding hydrogens is 236 g/mol. The summed E-state index contributed by atoms with van der Waals surface area (Å²) >= 11 is 5.98. The third kappa shape index (κ3) is 3.06. The SMILES string of the molecule is CCN(CC)S(=O)(=O)N1CCCC(Cl)C1. The predicted octanol–water partition coefficient (Wildman–Crippen LogP) is 1.28. The summed E-state index contributed by atoms with van der Waals surface area (Å²) in [5.41, 5.74) is 0. The van der Waals surface area contributed by atoms with Crippen molar-refractivity contribution in [2.45, 2.75) is 32.1 Å². The molecule has 1 atom stereocenters. The number of nitrogens with zero attached hydrogens (tertiary/aromatic N) is 2. The second kappa shape index (κ2) is 5.48. The van der Waals surface area contributed by atoms with Crippen molar-refractivity contribution in [1.82, 2.24) is 8.61 Å². The van der Waals surface area contributed by atoms with Crippen molar-refractivity contribution in [3.05, 3.63) is 0 Å². The van der Waals surface area contributed by atoms with E-state index in [1.807, 2.05) is 13.8 Å². The highest BCUT2D eigenvalue weighted by Crippen LogP contribution is 2.19. The average Bonchev–Trinajstić information content (AvgIpc) is 2.19. The molecule has 0 N–H and O–H groups in total. The maximum Gasteiger partial charge on any atom is 0.282 e. The predicted molar refractivity (Wildman–Crippen MR) is 62.3 cm³/mol. The smallest absolute Gasteiger partial charge is 0.195 e. The highest BCUT2D eigenvalue weighted by Gasteiger charge is 2.31. The number of hydrogen-bond donors (Lipinski definition) is 0. The van der Waals surface area contributed by atoms with Crippen molar-refractivity contribution < 1.29 is 8.42 Å². The zero-order valence-corrected chi connectivity index (χ0v) is 10.9. The van der Waals surface area contributed by atoms with Gasteiger partial charge in [0.25, 0.3) is 10.2 Å². The monoisotopic (exact) mass is 254 g/mol. The van der Waals surface area contributed by atoms with Gasteiger partial charge in [0.1, 0.15) is 0 Å². The second-order valence-corrected chi connectivity index (χ2v) is 6.24. The molecule has 6 heteroatoms. The van der Waals surface area contributed by atoms with Crippen LogP contribution in [0.1, 0.15) is 26.7 Å². The maximum absolute atomic E-state index is 12.1. The quantitative estimate of drug-likeness (QED) is 0.709. The maximum atomic E-state index is 12.1. The van der Waals surface area contributed by atoms with Gasteiger partial charge in [-0.3, -0.25) is 0 Å². The van der Waals surface area contributed by atoms with E-state index in [0.29, 0.717) is 26.2 Å². The highest BCUT2D eigenvalue weighted by molar-refractivity contribution is 7.86. The van der Waals surface area contributed by atoms with E-state index in [-0.39, 0.29) is 5.38 Å². The minimum Gasteiger partial charge on any atom is -0.195 e. The molecule has 15 heavy (non-hydrogen) atoms. The van der Waals surface area contributed by atoms with Gasteiger partial charge in [-0.2, -0.15) is 17.0 Å². The van der Waals surface area contributed by atoms with Gasteiger partial charge in [-0.15, -0.1) is 11.6 Å². The molecule has 1 rings (SSSR count). The van der Waals surface area contributed by atoms with E-state index in [1.54, 1.807) is 0 Å². The summed E-state index contributed by atoms with van der Waals surface area (Å²) in [6, 6.07) is 0. The molecule has 1 heterocycles. The van der Waals surface area contributed by atoms with Crippen LogP contribution in [-0.2, 0) is 10.2 Å². The van der Waals surface area contributed by atoms with Crippen LogP contribution in [0.4, 0.5) is 0 Å². The highest BCUT2D eigenvalue weighted by atomic mass is 35.5. The van der Waals surface area contributed by atoms with Crippen molar-refractivity contribution >= 4 is 21.8 Å². The lowest BCUT2D eigenvalue weighted by atomic mass is 10.2. The Morgan fingerprint density at radius 1 is 1.40 bits per heavy atom. The van der Waals surface area contributed by atoms with Gasteiger partial charge in [0.2, 0.25) is 0 Å². The lowest BCUT2D eigenvalue weighted by molar-refractivity contribution is 0.312. The van der Waals surface area contributed by atoms with Crippen LogP contribution in [0, 0.1) is 0 Å². The molecular formula is C9H19ClN2O2S. The molecule has 1 saturated heterocycles. The second-order valence-electron chi connectivity index (χ2n) is 3.69. The Labute approximate surface area is 97.4 Å². The lowest BCUT2D eigenvalue weighted by Gasteiger charge is -2.32. The number of halogens is 1. The Balaban J connectivity index is 2.75. The fourth-order valence-corrected chi connectivity index (χ4v) is 3.93. The van der Waals surface area contributed by atoms with E-state index in [9.17, 15) is 8.42 Å². The van der Waals surface area contributed by atoms with Crippen LogP contribution in [0.2, 0.25) is 0 Å². The fourth-order valence-electron chi connectivity index (χ4n) is 1.82. The van der Waals surface area contributed by atoms with Gasteiger partial charge in [-0.05, 0) is 12.8 Å². The van der Waals surface area contributed by atoms with E-state index in [4.69, 9.17) is 11.6 Å². The van der Waals surface area contributed by atoms with Crippen LogP contribution in [0.15, 0.2) is 0 Å². The molecule has 0 amide bonds. The Bertz CT molecular complexity index is 290. The molecule has 90 valence electrons. The zero-order chi connectivity index (χ0) is 11.5. The molecule has 0 aromatic heterocycles. The van der Waals surface area contributed by atoms with Crippen molar-refractivity contribution in [3.63, 3.8) is 0 Å². The zero-order valence-electron chi connectivity index (χ0n) is 9.32. The van der Waals surface area contributed by atoms with E-state index < -0.39 is 10.2 Å². The molecule has 1 aliphatic heterocycles. The number of hydrogen-bond acceptors (Lipinski definition) is 2. The van der Waals surface area contributed by atoms with E-state index >= 15 is 0 Å². The van der Waals surface area contributed by atoms with Crippen LogP contribution >= 0.6 is 11.6 Å². The van der Waals surface area contributed by atoms with E-state index in [2.05, 4.69) is 0 Å². The molecule has 0 spiro atoms. The van der Waals surface area contributed by atoms with Gasteiger partial charge in [0.15, 0.2) is 0 Å². The summed E-state index contributed by atoms with van der Waals surface area (Å²) in [6.07, 6.45) is 1.76. The van der Waals surface area contributed by atoms with Gasteiger partial charge in [0, 0.05) is 31.6 Å². The van der Waals surface area contributed by atoms with Crippen LogP contribution in [0.3, 0.4) is 0 Å². The first kappa shape index (κ1) is 13.2. The Kier molecular flexibility index (Phi) is 4.83. The Morgan fingerprint density at radius 3 is 2.47 bits per heavy atom. The normalized spacial score (nSPS) is 24.7. The summed E-state index contributed by atoms with van der Waals surface area (Å²) in [5, 5.41) is -0.0379. The van der Waals surface area contributed by atoms with Crippen LogP contribution in [-0.4, -0.2) is 48.6 Å². The molecule has 4 nitrogen and oxygen atoms in total. The van der Waals surface area contributed by atoms with Crippen molar-refractivity contribution in [2.75, 3.05) is 26.2 Å². The number of alkyl halides is 1. The average molecular weight is 255 g/mol. The topological polar surface area (TPSA) is 40.6 Å². The lowest BCUT2D eigenvalue weighted by Crippen LogP contribution is -2.48. The van der Waals surface area contributed by atoms with Crippen LogP contribution in [0.25, 0.3) is 0 Å². The fraction of sp³-hybridized carbons (Fsp3) is 1.00. The number of rotatable bonds is 4. The Morgan fingerprint density at radius 2 is 2.00 bits per heavy atom. The first-order valence-electron chi connectivity index (χ1n) is 5.41. The van der Waals surface area contributed by atoms with Gasteiger partial charge in [-0.25, -0.2) is 0 Å². The van der Waals surface area contributed by atoms with Crippen LogP contribution < -0.4 is 0 Å². The van der Waals surface area contributed by atoms with Crippen molar-refractivity contribution in [3.8, 4) is 0 Å². The molecule has 0 saturated carbocycles. The molecule has 0 bridgehead atoms. The minimum atomic E-state index is -3.27. The van der Waals surface area contributed by atoms with Crippen molar-refractivity contribution in [2.24, 2.45) is 0 Å². The Hall–Kier alpha value is 0.160. The molecule has 0 aromatic carbocycles. The van der Waals surface area contributed by atoms with Gasteiger partial charge in [0.05, 0.1) is 0 Å². The minimum absolute atomic E-state index is 0.0379. The van der Waals surface area contributed by atoms with Crippen LogP contribution in [0.5, 0.6) is 0 Å². The first-order valence-corrected chi connectivity index (χ1v) is 7.25. The third-order valence-electron chi connectivity index (χ3n) is 2.68. The standard InChI is InChI=1S/C9H19ClN2O2S/c1-3-11(4-2)15(13,14)12-7-5-6-9(10)8-12/h9H,3-8H2,1-2H3. The summed E-state index contributed by atoms with van der Waals surface area (Å²) in [7, 11) is -3.27. The largest absolute Gasteiger partial charge is 0.282 e. The first-order chi connectivity index (χ1) is 7.02. The van der Waals surface area contributed by atoms with Gasteiger partial charge >= 0.3 is 0 Å². The molecule has 1 aliphatic rings. The summed E-state index contributed by atoms with van der Waals surface area (Å²) in [4.78, 5) is 0. The molecule has 1 unspecified atom stereocenters. The van der Waals surface area contributed by atoms with Gasteiger partial charge in [-0.1, -0.05) is 13.8 Å². The molecule has 1 fully saturated rings. The summed E-state index contributed by atoms with van der Waals surface area (Å²) < 4.78 is 27.1. The third-order valence-corrected chi connectivity index (χ3v) is 5.19. The molecule has 0 aliphatic carbocycles. The van der Waals surface area contributed by atoms with E-state index in [0.717, 1.165) is 12.8 Å². The summed E-state index contributed by atoms with van der Waals surface area (Å²) in [6.45, 7) is 5.78. The van der Waals surface area contributed by atoms with Gasteiger partial charge < -0.3 is 0 Å². The summed E-state index contributed by atoms with van der Waals surface area (Å²) in [5.74, 6) is 0. The molecule has 0 radical (unpaired) electrons. The van der Waals surface area contributed by atoms with E-state index in [1.165, 1.54) is 8.61 Å².